The van der Waals surface area contributed by atoms with Gasteiger partial charge in [-0.25, -0.2) is 4.98 Å². The zero-order valence-corrected chi connectivity index (χ0v) is 11.7. The number of hydrogen-bond donors (Lipinski definition) is 2. The quantitative estimate of drug-likeness (QED) is 0.871. The second-order valence-corrected chi connectivity index (χ2v) is 5.11. The summed E-state index contributed by atoms with van der Waals surface area (Å²) in [5, 5.41) is 9.48. The first-order chi connectivity index (χ1) is 10.3. The van der Waals surface area contributed by atoms with Crippen LogP contribution in [-0.2, 0) is 11.2 Å². The van der Waals surface area contributed by atoms with Crippen molar-refractivity contribution in [3.63, 3.8) is 0 Å². The number of benzene rings is 1. The second-order valence-electron chi connectivity index (χ2n) is 5.11. The Morgan fingerprint density at radius 1 is 1.43 bits per heavy atom. The van der Waals surface area contributed by atoms with Crippen LogP contribution in [0.3, 0.4) is 0 Å². The van der Waals surface area contributed by atoms with E-state index in [2.05, 4.69) is 20.5 Å². The van der Waals surface area contributed by atoms with Crippen molar-refractivity contribution >= 4 is 5.91 Å². The summed E-state index contributed by atoms with van der Waals surface area (Å²) < 4.78 is 5.61. The molecule has 2 aromatic rings. The first-order valence-electron chi connectivity index (χ1n) is 7.15. The number of amides is 1. The zero-order valence-electron chi connectivity index (χ0n) is 11.7. The monoisotopic (exact) mass is 286 g/mol. The predicted molar refractivity (Wildman–Crippen MR) is 77.0 cm³/mol. The lowest BCUT2D eigenvalue weighted by Gasteiger charge is -2.25. The average Bonchev–Trinajstić information content (AvgIpc) is 3.01. The lowest BCUT2D eigenvalue weighted by atomic mass is 9.90. The van der Waals surface area contributed by atoms with Gasteiger partial charge in [0.1, 0.15) is 17.9 Å². The van der Waals surface area contributed by atoms with E-state index >= 15 is 0 Å². The molecular weight excluding hydrogens is 268 g/mol. The zero-order chi connectivity index (χ0) is 14.5. The number of fused-ring (bicyclic) bond motifs is 1. The van der Waals surface area contributed by atoms with Crippen molar-refractivity contribution in [2.24, 2.45) is 0 Å². The van der Waals surface area contributed by atoms with Gasteiger partial charge in [0.15, 0.2) is 0 Å². The van der Waals surface area contributed by atoms with E-state index in [-0.39, 0.29) is 11.8 Å². The maximum atomic E-state index is 12.1. The number of carbonyl (C=O) groups is 1. The number of aromatic nitrogens is 3. The topological polar surface area (TPSA) is 79.9 Å². The molecule has 0 saturated heterocycles. The van der Waals surface area contributed by atoms with Gasteiger partial charge in [-0.05, 0) is 24.0 Å². The van der Waals surface area contributed by atoms with Crippen LogP contribution in [0.25, 0.3) is 0 Å². The van der Waals surface area contributed by atoms with Gasteiger partial charge in [0.25, 0.3) is 0 Å². The van der Waals surface area contributed by atoms with Crippen molar-refractivity contribution < 1.29 is 9.53 Å². The van der Waals surface area contributed by atoms with E-state index in [1.807, 2.05) is 24.3 Å². The predicted octanol–water partition coefficient (Wildman–Crippen LogP) is 1.42. The summed E-state index contributed by atoms with van der Waals surface area (Å²) in [5.74, 6) is 1.99. The second kappa shape index (κ2) is 6.39. The average molecular weight is 286 g/mol. The number of nitrogens with zero attached hydrogens (tertiary/aromatic N) is 2. The smallest absolute Gasteiger partial charge is 0.220 e. The molecule has 0 fully saturated rings. The number of hydrogen-bond acceptors (Lipinski definition) is 4. The van der Waals surface area contributed by atoms with Crippen LogP contribution in [-0.4, -0.2) is 34.2 Å². The molecule has 0 aliphatic carbocycles. The van der Waals surface area contributed by atoms with E-state index in [0.29, 0.717) is 26.0 Å². The van der Waals surface area contributed by atoms with E-state index in [9.17, 15) is 4.79 Å². The molecule has 0 spiro atoms. The highest BCUT2D eigenvalue weighted by molar-refractivity contribution is 5.77. The highest BCUT2D eigenvalue weighted by Crippen LogP contribution is 2.35. The van der Waals surface area contributed by atoms with Crippen LogP contribution in [0.15, 0.2) is 30.6 Å². The van der Waals surface area contributed by atoms with Crippen LogP contribution < -0.4 is 10.1 Å². The maximum Gasteiger partial charge on any atom is 0.220 e. The molecule has 1 aromatic heterocycles. The molecule has 110 valence electrons. The molecule has 0 saturated carbocycles. The van der Waals surface area contributed by atoms with Crippen molar-refractivity contribution in [2.75, 3.05) is 13.2 Å². The first-order valence-corrected chi connectivity index (χ1v) is 7.15. The minimum absolute atomic E-state index is 0.0659. The molecule has 1 aliphatic heterocycles. The number of ether oxygens (including phenoxy) is 1. The van der Waals surface area contributed by atoms with Gasteiger partial charge in [-0.15, -0.1) is 0 Å². The Hall–Kier alpha value is -2.37. The molecule has 21 heavy (non-hydrogen) atoms. The number of nitrogens with one attached hydrogen (secondary N) is 2. The summed E-state index contributed by atoms with van der Waals surface area (Å²) in [4.78, 5) is 16.1. The van der Waals surface area contributed by atoms with Gasteiger partial charge in [0, 0.05) is 19.4 Å². The molecule has 3 rings (SSSR count). The third-order valence-electron chi connectivity index (χ3n) is 3.66. The van der Waals surface area contributed by atoms with Crippen molar-refractivity contribution in [1.29, 1.82) is 0 Å². The van der Waals surface area contributed by atoms with E-state index < -0.39 is 0 Å². The summed E-state index contributed by atoms with van der Waals surface area (Å²) in [5.41, 5.74) is 1.13. The molecular formula is C15H18N4O2. The summed E-state index contributed by atoms with van der Waals surface area (Å²) >= 11 is 0. The number of rotatable bonds is 5. The van der Waals surface area contributed by atoms with Crippen LogP contribution >= 0.6 is 0 Å². The molecule has 2 N–H and O–H groups in total. The van der Waals surface area contributed by atoms with Gasteiger partial charge >= 0.3 is 0 Å². The van der Waals surface area contributed by atoms with Crippen molar-refractivity contribution in [3.05, 3.63) is 42.0 Å². The molecule has 1 atom stereocenters. The lowest BCUT2D eigenvalue weighted by molar-refractivity contribution is -0.121. The highest BCUT2D eigenvalue weighted by Gasteiger charge is 2.23. The fraction of sp³-hybridized carbons (Fsp3) is 0.400. The summed E-state index contributed by atoms with van der Waals surface area (Å²) in [6, 6.07) is 7.95. The Labute approximate surface area is 122 Å². The van der Waals surface area contributed by atoms with Gasteiger partial charge in [0.05, 0.1) is 6.61 Å². The fourth-order valence-electron chi connectivity index (χ4n) is 2.60. The summed E-state index contributed by atoms with van der Waals surface area (Å²) in [6.45, 7) is 1.24. The number of H-pyrrole nitrogens is 1. The third-order valence-corrected chi connectivity index (χ3v) is 3.66. The molecule has 1 aromatic carbocycles. The molecule has 0 unspecified atom stereocenters. The summed E-state index contributed by atoms with van der Waals surface area (Å²) in [6.07, 6.45) is 3.51. The Kier molecular flexibility index (Phi) is 4.14. The molecule has 2 heterocycles. The third kappa shape index (κ3) is 3.39. The van der Waals surface area contributed by atoms with Gasteiger partial charge in [-0.2, -0.15) is 5.10 Å². The van der Waals surface area contributed by atoms with Gasteiger partial charge in [-0.1, -0.05) is 18.2 Å². The van der Waals surface area contributed by atoms with Crippen LogP contribution in [0.2, 0.25) is 0 Å². The fourth-order valence-corrected chi connectivity index (χ4v) is 2.60. The van der Waals surface area contributed by atoms with Gasteiger partial charge in [0.2, 0.25) is 5.91 Å². The van der Waals surface area contributed by atoms with Gasteiger partial charge < -0.3 is 10.1 Å². The van der Waals surface area contributed by atoms with Gasteiger partial charge in [-0.3, -0.25) is 9.89 Å². The van der Waals surface area contributed by atoms with Crippen LogP contribution in [0.4, 0.5) is 0 Å². The number of carbonyl (C=O) groups excluding carboxylic acids is 1. The lowest BCUT2D eigenvalue weighted by Crippen LogP contribution is -2.28. The van der Waals surface area contributed by atoms with Crippen LogP contribution in [0.1, 0.15) is 30.1 Å². The SMILES string of the molecule is O=C(C[C@@H]1CCOc2ccccc21)NCCc1ncn[nH]1. The first kappa shape index (κ1) is 13.6. The molecule has 1 amide bonds. The Balaban J connectivity index is 1.51. The highest BCUT2D eigenvalue weighted by atomic mass is 16.5. The van der Waals surface area contributed by atoms with E-state index in [1.54, 1.807) is 0 Å². The minimum atomic E-state index is 0.0659. The molecule has 0 radical (unpaired) electrons. The molecule has 6 heteroatoms. The normalized spacial score (nSPS) is 16.9. The van der Waals surface area contributed by atoms with Crippen LogP contribution in [0.5, 0.6) is 5.75 Å². The number of aromatic amines is 1. The van der Waals surface area contributed by atoms with Crippen molar-refractivity contribution in [3.8, 4) is 5.75 Å². The van der Waals surface area contributed by atoms with Crippen LogP contribution in [0, 0.1) is 0 Å². The maximum absolute atomic E-state index is 12.1. The Bertz CT molecular complexity index is 597. The largest absolute Gasteiger partial charge is 0.493 e. The molecule has 1 aliphatic rings. The molecule has 6 nitrogen and oxygen atoms in total. The van der Waals surface area contributed by atoms with E-state index in [1.165, 1.54) is 6.33 Å². The Morgan fingerprint density at radius 3 is 3.19 bits per heavy atom. The molecule has 0 bridgehead atoms. The minimum Gasteiger partial charge on any atom is -0.493 e. The van der Waals surface area contributed by atoms with Crippen molar-refractivity contribution in [2.45, 2.75) is 25.2 Å². The summed E-state index contributed by atoms with van der Waals surface area (Å²) in [7, 11) is 0. The Morgan fingerprint density at radius 2 is 2.33 bits per heavy atom. The van der Waals surface area contributed by atoms with Crippen molar-refractivity contribution in [1.82, 2.24) is 20.5 Å². The number of para-hydroxylation sites is 1. The standard InChI is InChI=1S/C15H18N4O2/c20-15(16-7-5-14-17-10-18-19-14)9-11-6-8-21-13-4-2-1-3-12(11)13/h1-4,10-11H,5-9H2,(H,16,20)(H,17,18,19)/t11-/m0/s1. The van der Waals surface area contributed by atoms with E-state index in [0.717, 1.165) is 23.6 Å². The van der Waals surface area contributed by atoms with E-state index in [4.69, 9.17) is 4.74 Å².